The summed E-state index contributed by atoms with van der Waals surface area (Å²) < 4.78 is 0. The van der Waals surface area contributed by atoms with Gasteiger partial charge in [0.05, 0.1) is 0 Å². The highest BCUT2D eigenvalue weighted by atomic mass is 14.4. The molecule has 11 aromatic carbocycles. The largest absolute Gasteiger partial charge is 0.0622 e. The molecule has 58 heavy (non-hydrogen) atoms. The van der Waals surface area contributed by atoms with Crippen molar-refractivity contribution in [2.75, 3.05) is 0 Å². The molecule has 0 radical (unpaired) electrons. The van der Waals surface area contributed by atoms with E-state index in [4.69, 9.17) is 0 Å². The minimum atomic E-state index is 1.26. The van der Waals surface area contributed by atoms with E-state index in [1.165, 1.54) is 154 Å². The molecule has 0 aliphatic heterocycles. The van der Waals surface area contributed by atoms with Gasteiger partial charge in [-0.3, -0.25) is 0 Å². The summed E-state index contributed by atoms with van der Waals surface area (Å²) >= 11 is 0. The first-order valence-electron chi connectivity index (χ1n) is 20.6. The maximum Gasteiger partial charge on any atom is -0.000673 e. The summed E-state index contributed by atoms with van der Waals surface area (Å²) in [4.78, 5) is 0. The molecule has 11 aromatic rings. The predicted octanol–water partition coefficient (Wildman–Crippen LogP) is 16.5. The molecule has 0 heterocycles. The molecular weight excluding hydrogens is 697 g/mol. The molecule has 13 rings (SSSR count). The van der Waals surface area contributed by atoms with Crippen molar-refractivity contribution in [3.63, 3.8) is 0 Å². The molecule has 0 atom stereocenters. The Bertz CT molecular complexity index is 3430. The molecule has 0 N–H and O–H groups in total. The van der Waals surface area contributed by atoms with Crippen LogP contribution in [0.1, 0.15) is 22.3 Å². The van der Waals surface area contributed by atoms with Crippen molar-refractivity contribution in [3.8, 4) is 66.8 Å². The van der Waals surface area contributed by atoms with Gasteiger partial charge in [-0.1, -0.05) is 146 Å². The van der Waals surface area contributed by atoms with Crippen LogP contribution >= 0.6 is 0 Å². The fourth-order valence-electron chi connectivity index (χ4n) is 11.1. The van der Waals surface area contributed by atoms with Crippen molar-refractivity contribution < 1.29 is 0 Å². The van der Waals surface area contributed by atoms with Gasteiger partial charge in [-0.05, 0) is 193 Å². The maximum atomic E-state index is 2.53. The molecule has 0 saturated carbocycles. The van der Waals surface area contributed by atoms with Gasteiger partial charge in [0.15, 0.2) is 0 Å². The highest BCUT2D eigenvalue weighted by molar-refractivity contribution is 6.44. The molecule has 0 nitrogen and oxygen atoms in total. The number of aryl methyl sites for hydroxylation is 4. The maximum absolute atomic E-state index is 2.53. The van der Waals surface area contributed by atoms with E-state index in [1.807, 2.05) is 0 Å². The van der Waals surface area contributed by atoms with Gasteiger partial charge < -0.3 is 0 Å². The molecule has 0 spiro atoms. The van der Waals surface area contributed by atoms with E-state index in [1.54, 1.807) is 0 Å². The summed E-state index contributed by atoms with van der Waals surface area (Å²) in [6.45, 7) is 9.02. The average molecular weight is 735 g/mol. The van der Waals surface area contributed by atoms with Crippen LogP contribution in [0.3, 0.4) is 0 Å². The van der Waals surface area contributed by atoms with E-state index in [2.05, 4.69) is 185 Å². The SMILES string of the molecule is Cc1cc2cc3c(c(-c4ccccc4)c2cc1C)-c1ccc2c4c(c5c6ccccc6c6ccccc6c5c-3c14)-c1cc3cc(C)c(C)cc3c(-c3ccccc3)c1-2. The second-order valence-electron chi connectivity index (χ2n) is 16.9. The zero-order valence-electron chi connectivity index (χ0n) is 33.0. The van der Waals surface area contributed by atoms with Crippen molar-refractivity contribution in [2.24, 2.45) is 0 Å². The van der Waals surface area contributed by atoms with Crippen molar-refractivity contribution in [1.82, 2.24) is 0 Å². The van der Waals surface area contributed by atoms with E-state index in [0.717, 1.165) is 0 Å². The standard InChI is InChI=1S/C58H38/c1-31-25-37-29-47-51(49(45(37)27-33(31)3)35-15-7-5-8-16-35)43-23-24-44-52-48(30-38-26-32(2)34(4)28-46(38)50(52)36-17-9-6-10-18-36)58-54-42-22-14-12-20-40(42)39-19-11-13-21-41(39)53(54)57(47)55(43)56(44)58/h5-30H,1-4H3. The number of hydrogen-bond acceptors (Lipinski definition) is 0. The molecule has 0 amide bonds. The number of fused-ring (bicyclic) bond motifs is 16. The minimum absolute atomic E-state index is 1.26. The Kier molecular flexibility index (Phi) is 6.26. The number of hydrogen-bond donors (Lipinski definition) is 0. The molecule has 0 bridgehead atoms. The van der Waals surface area contributed by atoms with Gasteiger partial charge in [-0.2, -0.15) is 0 Å². The zero-order valence-corrected chi connectivity index (χ0v) is 33.0. The Labute approximate surface area is 337 Å². The van der Waals surface area contributed by atoms with Gasteiger partial charge in [0, 0.05) is 0 Å². The Balaban J connectivity index is 1.33. The smallest absolute Gasteiger partial charge is 0.000673 e. The quantitative estimate of drug-likeness (QED) is 0.123. The molecule has 0 fully saturated rings. The monoisotopic (exact) mass is 734 g/mol. The lowest BCUT2D eigenvalue weighted by atomic mass is 9.83. The molecule has 0 saturated heterocycles. The first kappa shape index (κ1) is 32.1. The second-order valence-corrected chi connectivity index (χ2v) is 16.9. The lowest BCUT2D eigenvalue weighted by Gasteiger charge is -2.20. The normalized spacial score (nSPS) is 12.5. The van der Waals surface area contributed by atoms with E-state index in [-0.39, 0.29) is 0 Å². The molecular formula is C58H38. The van der Waals surface area contributed by atoms with Crippen LogP contribution in [-0.2, 0) is 0 Å². The van der Waals surface area contributed by atoms with Gasteiger partial charge in [-0.15, -0.1) is 0 Å². The second kappa shape index (κ2) is 11.3. The van der Waals surface area contributed by atoms with Gasteiger partial charge in [0.1, 0.15) is 0 Å². The summed E-state index contributed by atoms with van der Waals surface area (Å²) in [5.41, 5.74) is 21.3. The minimum Gasteiger partial charge on any atom is -0.0622 e. The first-order valence-corrected chi connectivity index (χ1v) is 20.6. The van der Waals surface area contributed by atoms with Crippen LogP contribution in [0, 0.1) is 27.7 Å². The zero-order chi connectivity index (χ0) is 38.6. The average Bonchev–Trinajstić information content (AvgIpc) is 3.75. The molecule has 0 heteroatoms. The number of benzene rings is 11. The van der Waals surface area contributed by atoms with Crippen LogP contribution < -0.4 is 0 Å². The fourth-order valence-corrected chi connectivity index (χ4v) is 11.1. The summed E-state index contributed by atoms with van der Waals surface area (Å²) in [6, 6.07) is 60.3. The van der Waals surface area contributed by atoms with E-state index in [0.29, 0.717) is 0 Å². The molecule has 270 valence electrons. The Morgan fingerprint density at radius 3 is 1.02 bits per heavy atom. The molecule has 2 aliphatic carbocycles. The van der Waals surface area contributed by atoms with E-state index in [9.17, 15) is 0 Å². The van der Waals surface area contributed by atoms with Crippen LogP contribution in [0.25, 0.3) is 131 Å². The molecule has 0 unspecified atom stereocenters. The van der Waals surface area contributed by atoms with Crippen molar-refractivity contribution in [3.05, 3.63) is 180 Å². The number of rotatable bonds is 2. The van der Waals surface area contributed by atoms with Crippen LogP contribution in [0.2, 0.25) is 0 Å². The van der Waals surface area contributed by atoms with Crippen LogP contribution in [0.4, 0.5) is 0 Å². The van der Waals surface area contributed by atoms with Gasteiger partial charge in [-0.25, -0.2) is 0 Å². The highest BCUT2D eigenvalue weighted by Gasteiger charge is 2.37. The van der Waals surface area contributed by atoms with E-state index >= 15 is 0 Å². The predicted molar refractivity (Wildman–Crippen MR) is 250 cm³/mol. The van der Waals surface area contributed by atoms with Gasteiger partial charge in [0.25, 0.3) is 0 Å². The molecule has 2 aliphatic rings. The fraction of sp³-hybridized carbons (Fsp3) is 0.0690. The van der Waals surface area contributed by atoms with Gasteiger partial charge >= 0.3 is 0 Å². The first-order chi connectivity index (χ1) is 28.5. The molecule has 0 aromatic heterocycles. The summed E-state index contributed by atoms with van der Waals surface area (Å²) in [6.07, 6.45) is 0. The summed E-state index contributed by atoms with van der Waals surface area (Å²) in [7, 11) is 0. The summed E-state index contributed by atoms with van der Waals surface area (Å²) in [5, 5.41) is 16.0. The highest BCUT2D eigenvalue weighted by Crippen LogP contribution is 2.65. The van der Waals surface area contributed by atoms with Crippen molar-refractivity contribution in [2.45, 2.75) is 27.7 Å². The third-order valence-electron chi connectivity index (χ3n) is 13.8. The van der Waals surface area contributed by atoms with Crippen molar-refractivity contribution >= 4 is 64.6 Å². The topological polar surface area (TPSA) is 0 Å². The Morgan fingerprint density at radius 2 is 0.603 bits per heavy atom. The third kappa shape index (κ3) is 4.00. The lowest BCUT2D eigenvalue weighted by molar-refractivity contribution is 1.37. The van der Waals surface area contributed by atoms with Crippen LogP contribution in [0.15, 0.2) is 158 Å². The van der Waals surface area contributed by atoms with Gasteiger partial charge in [0.2, 0.25) is 0 Å². The summed E-state index contributed by atoms with van der Waals surface area (Å²) in [5.74, 6) is 0. The lowest BCUT2D eigenvalue weighted by Crippen LogP contribution is -1.93. The van der Waals surface area contributed by atoms with Crippen molar-refractivity contribution in [1.29, 1.82) is 0 Å². The Morgan fingerprint density at radius 1 is 0.241 bits per heavy atom. The van der Waals surface area contributed by atoms with E-state index < -0.39 is 0 Å². The third-order valence-corrected chi connectivity index (χ3v) is 13.8. The van der Waals surface area contributed by atoms with Crippen LogP contribution in [0.5, 0.6) is 0 Å². The Hall–Kier alpha value is -7.02. The van der Waals surface area contributed by atoms with Crippen LogP contribution in [-0.4, -0.2) is 0 Å².